The summed E-state index contributed by atoms with van der Waals surface area (Å²) in [7, 11) is 3.66. The molecule has 2 atom stereocenters. The number of hydrogen-bond acceptors (Lipinski definition) is 7. The number of aromatic hydroxyl groups is 1. The minimum Gasteiger partial charge on any atom is -0.508 e. The van der Waals surface area contributed by atoms with Crippen molar-refractivity contribution in [1.82, 2.24) is 34.3 Å². The first kappa shape index (κ1) is 37.1. The summed E-state index contributed by atoms with van der Waals surface area (Å²) in [6.45, 7) is 4.79. The van der Waals surface area contributed by atoms with E-state index < -0.39 is 12.2 Å². The van der Waals surface area contributed by atoms with Gasteiger partial charge in [0.2, 0.25) is 17.7 Å². The summed E-state index contributed by atoms with van der Waals surface area (Å²) in [5, 5.41) is 14.1. The molecule has 0 saturated carbocycles. The van der Waals surface area contributed by atoms with Gasteiger partial charge in [-0.25, -0.2) is 10.0 Å². The fraction of sp³-hybridized carbons (Fsp3) is 0.279. The number of hydrazine groups is 1. The summed E-state index contributed by atoms with van der Waals surface area (Å²) in [6.07, 6.45) is 7.06. The monoisotopic (exact) mass is 739 g/mol. The third-order valence-electron chi connectivity index (χ3n) is 10.5. The third kappa shape index (κ3) is 7.72. The van der Waals surface area contributed by atoms with E-state index >= 15 is 0 Å². The van der Waals surface area contributed by atoms with Gasteiger partial charge >= 0.3 is 0 Å². The number of nitrogens with zero attached hydrogens (tertiary/aromatic N) is 7. The molecule has 2 fully saturated rings. The highest BCUT2D eigenvalue weighted by Crippen LogP contribution is 2.32. The van der Waals surface area contributed by atoms with Gasteiger partial charge in [-0.3, -0.25) is 24.2 Å². The van der Waals surface area contributed by atoms with E-state index in [4.69, 9.17) is 0 Å². The van der Waals surface area contributed by atoms with E-state index in [1.165, 1.54) is 0 Å². The van der Waals surface area contributed by atoms with Crippen LogP contribution in [0.25, 0.3) is 10.9 Å². The van der Waals surface area contributed by atoms with Gasteiger partial charge in [0.05, 0.1) is 24.2 Å². The molecule has 0 unspecified atom stereocenters. The lowest BCUT2D eigenvalue weighted by molar-refractivity contribution is -0.205. The second-order valence-electron chi connectivity index (χ2n) is 14.2. The van der Waals surface area contributed by atoms with Gasteiger partial charge in [-0.15, -0.1) is 6.58 Å². The standard InChI is InChI=1S/C43H45N7O5/c1-4-23-48-29-40(53)49-37(24-31-13-16-34(51)17-14-31)43(55)47(28-38(49)50(48)39(52)18-15-30-9-6-5-7-10-30)26-33-11-8-12-35-36(27-45(2)41(33)35)42(54)46(3)25-32-19-21-44-22-20-32/h4-14,16-17,19-22,27,37-38,51H,1,15,18,23-26,28-29H2,2-3H3/t37-,38-/m0/s1. The first-order valence-electron chi connectivity index (χ1n) is 18.4. The predicted octanol–water partition coefficient (Wildman–Crippen LogP) is 4.54. The molecule has 5 aromatic rings. The van der Waals surface area contributed by atoms with Gasteiger partial charge in [0, 0.05) is 70.5 Å². The summed E-state index contributed by atoms with van der Waals surface area (Å²) in [4.78, 5) is 65.9. The molecule has 0 spiro atoms. The normalized spacial score (nSPS) is 17.4. The van der Waals surface area contributed by atoms with Crippen LogP contribution in [-0.4, -0.2) is 102 Å². The molecule has 1 N–H and O–H groups in total. The van der Waals surface area contributed by atoms with Crippen LogP contribution in [0.4, 0.5) is 0 Å². The SMILES string of the molecule is C=CCN1CC(=O)N2[C@@H](Cc3ccc(O)cc3)C(=O)N(Cc3cccc4c(C(=O)N(C)Cc5ccncc5)cn(C)c34)C[C@@H]2N1C(=O)CCc1ccccc1. The molecule has 7 rings (SSSR count). The number of carbonyl (C=O) groups is 4. The Morgan fingerprint density at radius 3 is 2.42 bits per heavy atom. The molecule has 0 bridgehead atoms. The van der Waals surface area contributed by atoms with Crippen molar-refractivity contribution in [3.63, 3.8) is 0 Å². The zero-order valence-electron chi connectivity index (χ0n) is 31.1. The van der Waals surface area contributed by atoms with Crippen molar-refractivity contribution >= 4 is 34.5 Å². The minimum absolute atomic E-state index is 0.0754. The number of rotatable bonds is 12. The van der Waals surface area contributed by atoms with E-state index in [1.54, 1.807) is 74.5 Å². The van der Waals surface area contributed by atoms with Crippen LogP contribution in [0.15, 0.2) is 116 Å². The van der Waals surface area contributed by atoms with Crippen LogP contribution >= 0.6 is 0 Å². The van der Waals surface area contributed by atoms with Crippen molar-refractivity contribution in [2.75, 3.05) is 26.7 Å². The summed E-state index contributed by atoms with van der Waals surface area (Å²) < 4.78 is 1.92. The Morgan fingerprint density at radius 2 is 1.69 bits per heavy atom. The van der Waals surface area contributed by atoms with Crippen molar-refractivity contribution in [1.29, 1.82) is 0 Å². The van der Waals surface area contributed by atoms with Gasteiger partial charge in [0.25, 0.3) is 5.91 Å². The Labute approximate surface area is 320 Å². The molecule has 282 valence electrons. The van der Waals surface area contributed by atoms with Crippen molar-refractivity contribution in [3.8, 4) is 5.75 Å². The van der Waals surface area contributed by atoms with Crippen molar-refractivity contribution in [3.05, 3.63) is 144 Å². The molecule has 12 nitrogen and oxygen atoms in total. The number of fused-ring (bicyclic) bond motifs is 2. The largest absolute Gasteiger partial charge is 0.508 e. The highest BCUT2D eigenvalue weighted by Gasteiger charge is 2.51. The molecule has 2 aromatic heterocycles. The Kier molecular flexibility index (Phi) is 10.8. The van der Waals surface area contributed by atoms with E-state index in [2.05, 4.69) is 11.6 Å². The van der Waals surface area contributed by atoms with Crippen molar-refractivity contribution in [2.45, 2.75) is 44.6 Å². The molecule has 0 radical (unpaired) electrons. The molecule has 0 aliphatic carbocycles. The Bertz CT molecular complexity index is 2210. The predicted molar refractivity (Wildman–Crippen MR) is 208 cm³/mol. The van der Waals surface area contributed by atoms with E-state index in [0.717, 1.165) is 33.2 Å². The molecule has 55 heavy (non-hydrogen) atoms. The molecular formula is C43H45N7O5. The zero-order valence-corrected chi connectivity index (χ0v) is 31.1. The quantitative estimate of drug-likeness (QED) is 0.187. The number of hydrogen-bond donors (Lipinski definition) is 1. The number of pyridine rings is 1. The van der Waals surface area contributed by atoms with Crippen LogP contribution in [0.1, 0.15) is 39.0 Å². The molecule has 4 heterocycles. The molecule has 2 saturated heterocycles. The van der Waals surface area contributed by atoms with Gasteiger partial charge < -0.3 is 24.4 Å². The Morgan fingerprint density at radius 1 is 0.945 bits per heavy atom. The van der Waals surface area contributed by atoms with Crippen molar-refractivity contribution in [2.24, 2.45) is 7.05 Å². The van der Waals surface area contributed by atoms with Gasteiger partial charge in [-0.1, -0.05) is 66.7 Å². The number of piperazine rings is 1. The van der Waals surface area contributed by atoms with Crippen LogP contribution in [0.2, 0.25) is 0 Å². The van der Waals surface area contributed by atoms with Gasteiger partial charge in [-0.05, 0) is 52.9 Å². The highest BCUT2D eigenvalue weighted by molar-refractivity contribution is 6.07. The lowest BCUT2D eigenvalue weighted by Gasteiger charge is -2.55. The first-order chi connectivity index (χ1) is 26.6. The lowest BCUT2D eigenvalue weighted by Crippen LogP contribution is -2.75. The number of amides is 4. The molecular weight excluding hydrogens is 695 g/mol. The number of benzene rings is 3. The fourth-order valence-corrected chi connectivity index (χ4v) is 7.87. The molecule has 4 amide bonds. The number of aromatic nitrogens is 2. The summed E-state index contributed by atoms with van der Waals surface area (Å²) in [5.41, 5.74) is 4.95. The number of para-hydroxylation sites is 1. The topological polar surface area (TPSA) is 123 Å². The Hall–Kier alpha value is -6.27. The van der Waals surface area contributed by atoms with Gasteiger partial charge in [-0.2, -0.15) is 0 Å². The van der Waals surface area contributed by atoms with E-state index in [0.29, 0.717) is 18.5 Å². The molecule has 2 aliphatic heterocycles. The summed E-state index contributed by atoms with van der Waals surface area (Å²) in [6, 6.07) is 25.0. The van der Waals surface area contributed by atoms with Crippen LogP contribution < -0.4 is 0 Å². The maximum absolute atomic E-state index is 14.7. The van der Waals surface area contributed by atoms with E-state index in [9.17, 15) is 24.3 Å². The maximum Gasteiger partial charge on any atom is 0.256 e. The summed E-state index contributed by atoms with van der Waals surface area (Å²) >= 11 is 0. The van der Waals surface area contributed by atoms with E-state index in [-0.39, 0.29) is 68.4 Å². The van der Waals surface area contributed by atoms with Crippen molar-refractivity contribution < 1.29 is 24.3 Å². The molecule has 12 heteroatoms. The zero-order chi connectivity index (χ0) is 38.6. The number of phenols is 1. The number of aryl methyl sites for hydroxylation is 2. The fourth-order valence-electron chi connectivity index (χ4n) is 7.87. The van der Waals surface area contributed by atoms with Gasteiger partial charge in [0.1, 0.15) is 18.0 Å². The van der Waals surface area contributed by atoms with Gasteiger partial charge in [0.15, 0.2) is 0 Å². The molecule has 3 aromatic carbocycles. The van der Waals surface area contributed by atoms with Crippen LogP contribution in [0.5, 0.6) is 5.75 Å². The average molecular weight is 740 g/mol. The average Bonchev–Trinajstić information content (AvgIpc) is 3.53. The van der Waals surface area contributed by atoms with Crippen LogP contribution in [0.3, 0.4) is 0 Å². The minimum atomic E-state index is -0.905. The number of carbonyl (C=O) groups excluding carboxylic acids is 4. The van der Waals surface area contributed by atoms with E-state index in [1.807, 2.05) is 78.5 Å². The maximum atomic E-state index is 14.7. The Balaban J connectivity index is 1.23. The van der Waals surface area contributed by atoms with Crippen LogP contribution in [-0.2, 0) is 47.4 Å². The number of phenolic OH excluding ortho intramolecular Hbond substituents is 1. The lowest BCUT2D eigenvalue weighted by atomic mass is 9.97. The smallest absolute Gasteiger partial charge is 0.256 e. The second kappa shape index (κ2) is 16.0. The van der Waals surface area contributed by atoms with Crippen LogP contribution in [0, 0.1) is 0 Å². The molecule has 2 aliphatic rings. The highest BCUT2D eigenvalue weighted by atomic mass is 16.3. The third-order valence-corrected chi connectivity index (χ3v) is 10.5. The summed E-state index contributed by atoms with van der Waals surface area (Å²) in [5.74, 6) is -0.689. The second-order valence-corrected chi connectivity index (χ2v) is 14.2. The first-order valence-corrected chi connectivity index (χ1v) is 18.4.